The average Bonchev–Trinajstić information content (AvgIpc) is 2.49. The molecule has 1 nitrogen and oxygen atoms in total. The van der Waals surface area contributed by atoms with Gasteiger partial charge >= 0.3 is 0 Å². The molecule has 74 valence electrons. The molecule has 1 unspecified atom stereocenters. The minimum Gasteiger partial charge on any atom is -0.388 e. The zero-order chi connectivity index (χ0) is 10.1. The van der Waals surface area contributed by atoms with Crippen LogP contribution >= 0.6 is 0 Å². The smallest absolute Gasteiger partial charge is 0.0796 e. The fraction of sp³-hybridized carbons (Fsp3) is 0.385. The fourth-order valence-electron chi connectivity index (χ4n) is 2.20. The van der Waals surface area contributed by atoms with Crippen LogP contribution in [0.1, 0.15) is 36.1 Å². The first-order valence-electron chi connectivity index (χ1n) is 5.11. The van der Waals surface area contributed by atoms with Gasteiger partial charge in [-0.05, 0) is 42.9 Å². The molecule has 0 spiro atoms. The van der Waals surface area contributed by atoms with Crippen molar-refractivity contribution in [3.63, 3.8) is 0 Å². The maximum atomic E-state index is 9.72. The Balaban J connectivity index is 2.39. The summed E-state index contributed by atoms with van der Waals surface area (Å²) < 4.78 is 0. The summed E-state index contributed by atoms with van der Waals surface area (Å²) in [6.45, 7) is 5.98. The number of hydrogen-bond acceptors (Lipinski definition) is 1. The van der Waals surface area contributed by atoms with Gasteiger partial charge in [-0.3, -0.25) is 0 Å². The molecule has 1 aromatic carbocycles. The Hall–Kier alpha value is -1.08. The van der Waals surface area contributed by atoms with Crippen LogP contribution < -0.4 is 0 Å². The second-order valence-corrected chi connectivity index (χ2v) is 4.17. The van der Waals surface area contributed by atoms with Crippen LogP contribution in [0, 0.1) is 0 Å². The highest BCUT2D eigenvalue weighted by molar-refractivity contribution is 5.41. The lowest BCUT2D eigenvalue weighted by Gasteiger charge is -2.08. The topological polar surface area (TPSA) is 20.2 Å². The molecule has 0 bridgehead atoms. The third-order valence-corrected chi connectivity index (χ3v) is 2.83. The monoisotopic (exact) mass is 188 g/mol. The molecule has 2 rings (SSSR count). The number of hydrogen-bond donors (Lipinski definition) is 1. The normalized spacial score (nSPS) is 19.4. The standard InChI is InChI=1S/C13H16O/c1-9(2)8-10-4-3-5-12-11(10)6-7-13(12)14/h3-5,13-14H,1,6-8H2,2H3. The van der Waals surface area contributed by atoms with Crippen LogP contribution in [-0.2, 0) is 12.8 Å². The summed E-state index contributed by atoms with van der Waals surface area (Å²) in [6, 6.07) is 6.21. The van der Waals surface area contributed by atoms with Gasteiger partial charge in [0.15, 0.2) is 0 Å². The van der Waals surface area contributed by atoms with Crippen LogP contribution in [0.2, 0.25) is 0 Å². The average molecular weight is 188 g/mol. The van der Waals surface area contributed by atoms with Crippen molar-refractivity contribution in [3.8, 4) is 0 Å². The Labute approximate surface area is 85.1 Å². The highest BCUT2D eigenvalue weighted by atomic mass is 16.3. The first-order valence-corrected chi connectivity index (χ1v) is 5.11. The highest BCUT2D eigenvalue weighted by Crippen LogP contribution is 2.33. The van der Waals surface area contributed by atoms with E-state index in [0.717, 1.165) is 24.8 Å². The summed E-state index contributed by atoms with van der Waals surface area (Å²) in [5, 5.41) is 9.72. The zero-order valence-corrected chi connectivity index (χ0v) is 8.59. The summed E-state index contributed by atoms with van der Waals surface area (Å²) in [6.07, 6.45) is 2.59. The molecule has 0 radical (unpaired) electrons. The Bertz CT molecular complexity index is 365. The molecule has 0 amide bonds. The Kier molecular flexibility index (Phi) is 2.42. The Morgan fingerprint density at radius 3 is 3.07 bits per heavy atom. The van der Waals surface area contributed by atoms with E-state index in [4.69, 9.17) is 0 Å². The van der Waals surface area contributed by atoms with Crippen molar-refractivity contribution in [1.29, 1.82) is 0 Å². The second kappa shape index (κ2) is 3.58. The van der Waals surface area contributed by atoms with Crippen molar-refractivity contribution in [3.05, 3.63) is 47.0 Å². The largest absolute Gasteiger partial charge is 0.388 e. The fourth-order valence-corrected chi connectivity index (χ4v) is 2.20. The molecule has 0 aliphatic heterocycles. The summed E-state index contributed by atoms with van der Waals surface area (Å²) in [5.74, 6) is 0. The molecule has 1 N–H and O–H groups in total. The molecule has 1 atom stereocenters. The Morgan fingerprint density at radius 1 is 1.57 bits per heavy atom. The van der Waals surface area contributed by atoms with Crippen molar-refractivity contribution in [2.45, 2.75) is 32.3 Å². The van der Waals surface area contributed by atoms with Gasteiger partial charge in [-0.25, -0.2) is 0 Å². The minimum absolute atomic E-state index is 0.241. The minimum atomic E-state index is -0.241. The van der Waals surface area contributed by atoms with Gasteiger partial charge in [-0.2, -0.15) is 0 Å². The van der Waals surface area contributed by atoms with E-state index in [2.05, 4.69) is 12.6 Å². The second-order valence-electron chi connectivity index (χ2n) is 4.17. The number of allylic oxidation sites excluding steroid dienone is 1. The van der Waals surface area contributed by atoms with E-state index in [-0.39, 0.29) is 6.10 Å². The molecule has 1 heteroatoms. The van der Waals surface area contributed by atoms with Crippen molar-refractivity contribution in [1.82, 2.24) is 0 Å². The molecule has 1 aliphatic carbocycles. The first kappa shape index (κ1) is 9.47. The van der Waals surface area contributed by atoms with E-state index in [0.29, 0.717) is 0 Å². The maximum absolute atomic E-state index is 9.72. The van der Waals surface area contributed by atoms with E-state index in [1.54, 1.807) is 0 Å². The SMILES string of the molecule is C=C(C)Cc1cccc2c1CCC2O. The predicted octanol–water partition coefficient (Wildman–Crippen LogP) is 2.78. The lowest BCUT2D eigenvalue weighted by molar-refractivity contribution is 0.180. The summed E-state index contributed by atoms with van der Waals surface area (Å²) in [7, 11) is 0. The van der Waals surface area contributed by atoms with Crippen LogP contribution in [0.5, 0.6) is 0 Å². The van der Waals surface area contributed by atoms with Gasteiger partial charge in [0.25, 0.3) is 0 Å². The molecule has 0 saturated heterocycles. The first-order chi connectivity index (χ1) is 6.68. The Morgan fingerprint density at radius 2 is 2.36 bits per heavy atom. The summed E-state index contributed by atoms with van der Waals surface area (Å²) in [4.78, 5) is 0. The van der Waals surface area contributed by atoms with Gasteiger partial charge < -0.3 is 5.11 Å². The summed E-state index contributed by atoms with van der Waals surface area (Å²) >= 11 is 0. The van der Waals surface area contributed by atoms with Crippen LogP contribution in [-0.4, -0.2) is 5.11 Å². The van der Waals surface area contributed by atoms with Gasteiger partial charge in [0.1, 0.15) is 0 Å². The molecule has 0 fully saturated rings. The third-order valence-electron chi connectivity index (χ3n) is 2.83. The maximum Gasteiger partial charge on any atom is 0.0796 e. The van der Waals surface area contributed by atoms with E-state index in [9.17, 15) is 5.11 Å². The molecule has 0 saturated carbocycles. The van der Waals surface area contributed by atoms with Crippen LogP contribution in [0.3, 0.4) is 0 Å². The number of fused-ring (bicyclic) bond motifs is 1. The van der Waals surface area contributed by atoms with Crippen LogP contribution in [0.4, 0.5) is 0 Å². The van der Waals surface area contributed by atoms with Crippen molar-refractivity contribution >= 4 is 0 Å². The number of benzene rings is 1. The van der Waals surface area contributed by atoms with E-state index in [1.807, 2.05) is 19.1 Å². The molecule has 0 heterocycles. The highest BCUT2D eigenvalue weighted by Gasteiger charge is 2.21. The lowest BCUT2D eigenvalue weighted by atomic mass is 9.98. The van der Waals surface area contributed by atoms with E-state index >= 15 is 0 Å². The molecule has 14 heavy (non-hydrogen) atoms. The van der Waals surface area contributed by atoms with Crippen molar-refractivity contribution in [2.75, 3.05) is 0 Å². The van der Waals surface area contributed by atoms with Gasteiger partial charge in [0, 0.05) is 0 Å². The van der Waals surface area contributed by atoms with Gasteiger partial charge in [-0.1, -0.05) is 30.4 Å². The number of rotatable bonds is 2. The quantitative estimate of drug-likeness (QED) is 0.707. The van der Waals surface area contributed by atoms with Crippen LogP contribution in [0.25, 0.3) is 0 Å². The van der Waals surface area contributed by atoms with Gasteiger partial charge in [0.05, 0.1) is 6.10 Å². The molecular weight excluding hydrogens is 172 g/mol. The molecule has 1 aliphatic rings. The lowest BCUT2D eigenvalue weighted by Crippen LogP contribution is -1.95. The summed E-state index contributed by atoms with van der Waals surface area (Å²) in [5.41, 5.74) is 5.00. The number of aliphatic hydroxyl groups excluding tert-OH is 1. The number of aliphatic hydroxyl groups is 1. The molecule has 1 aromatic rings. The molecular formula is C13H16O. The van der Waals surface area contributed by atoms with Crippen molar-refractivity contribution in [2.24, 2.45) is 0 Å². The molecule has 0 aromatic heterocycles. The van der Waals surface area contributed by atoms with E-state index < -0.39 is 0 Å². The van der Waals surface area contributed by atoms with Gasteiger partial charge in [0.2, 0.25) is 0 Å². The predicted molar refractivity (Wildman–Crippen MR) is 58.2 cm³/mol. The third kappa shape index (κ3) is 1.60. The van der Waals surface area contributed by atoms with E-state index in [1.165, 1.54) is 16.7 Å². The van der Waals surface area contributed by atoms with Crippen molar-refractivity contribution < 1.29 is 5.11 Å². The zero-order valence-electron chi connectivity index (χ0n) is 8.59. The van der Waals surface area contributed by atoms with Crippen LogP contribution in [0.15, 0.2) is 30.4 Å². The van der Waals surface area contributed by atoms with Gasteiger partial charge in [-0.15, -0.1) is 0 Å².